The van der Waals surface area contributed by atoms with Gasteiger partial charge in [-0.2, -0.15) is 5.10 Å². The van der Waals surface area contributed by atoms with E-state index >= 15 is 0 Å². The molecule has 206 valence electrons. The van der Waals surface area contributed by atoms with Crippen LogP contribution >= 0.6 is 0 Å². The number of H-pyrrole nitrogens is 2. The molecule has 0 atom stereocenters. The molecular formula is C32H27F3N6. The number of nitrogens with zero attached hydrogens (tertiary/aromatic N) is 4. The largest absolute Gasteiger partial charge is 0.335 e. The van der Waals surface area contributed by atoms with Gasteiger partial charge in [0.2, 0.25) is 0 Å². The highest BCUT2D eigenvalue weighted by atomic mass is 19.3. The summed E-state index contributed by atoms with van der Waals surface area (Å²) in [7, 11) is 0. The summed E-state index contributed by atoms with van der Waals surface area (Å²) in [5.41, 5.74) is 8.01. The minimum absolute atomic E-state index is 0.0904. The van der Waals surface area contributed by atoms with E-state index in [9.17, 15) is 13.2 Å². The maximum Gasteiger partial charge on any atom is 0.261 e. The van der Waals surface area contributed by atoms with Crippen LogP contribution in [0.2, 0.25) is 0 Å². The van der Waals surface area contributed by atoms with E-state index in [1.807, 2.05) is 17.0 Å². The van der Waals surface area contributed by atoms with Crippen LogP contribution in [-0.2, 0) is 13.0 Å². The van der Waals surface area contributed by atoms with Gasteiger partial charge in [-0.15, -0.1) is 0 Å². The van der Waals surface area contributed by atoms with Crippen molar-refractivity contribution in [3.63, 3.8) is 0 Å². The number of halogens is 3. The van der Waals surface area contributed by atoms with E-state index in [0.717, 1.165) is 39.6 Å². The highest BCUT2D eigenvalue weighted by molar-refractivity contribution is 5.98. The summed E-state index contributed by atoms with van der Waals surface area (Å²) in [6, 6.07) is 19.0. The number of aromatic nitrogens is 5. The number of aryl methyl sites for hydroxylation is 1. The number of aromatic amines is 2. The van der Waals surface area contributed by atoms with Gasteiger partial charge < -0.3 is 4.98 Å². The third-order valence-electron chi connectivity index (χ3n) is 7.79. The summed E-state index contributed by atoms with van der Waals surface area (Å²) in [4.78, 5) is 14.3. The van der Waals surface area contributed by atoms with Crippen LogP contribution in [0.4, 0.5) is 13.2 Å². The van der Waals surface area contributed by atoms with E-state index in [2.05, 4.69) is 51.4 Å². The lowest BCUT2D eigenvalue weighted by Gasteiger charge is -2.17. The molecule has 1 aliphatic heterocycles. The van der Waals surface area contributed by atoms with Crippen LogP contribution in [-0.4, -0.2) is 49.1 Å². The number of nitrogens with one attached hydrogen (secondary N) is 2. The third kappa shape index (κ3) is 4.76. The molecule has 1 fully saturated rings. The average Bonchev–Trinajstić information content (AvgIpc) is 3.68. The third-order valence-corrected chi connectivity index (χ3v) is 7.79. The van der Waals surface area contributed by atoms with Crippen LogP contribution in [0.25, 0.3) is 55.7 Å². The summed E-state index contributed by atoms with van der Waals surface area (Å²) < 4.78 is 42.2. The number of likely N-dealkylation sites (tertiary alicyclic amines) is 1. The van der Waals surface area contributed by atoms with Crippen molar-refractivity contribution < 1.29 is 13.2 Å². The SMILES string of the molecule is CCc1cc(CN2CCC(F)(F)C2)cc(-c2ccc3[nH]nc(-c4nc5c(-c6ccccc6F)cncc5[nH]4)c3c2)c1. The molecule has 6 aromatic rings. The van der Waals surface area contributed by atoms with E-state index in [4.69, 9.17) is 4.98 Å². The Morgan fingerprint density at radius 2 is 1.78 bits per heavy atom. The molecule has 2 N–H and O–H groups in total. The monoisotopic (exact) mass is 552 g/mol. The van der Waals surface area contributed by atoms with Crippen molar-refractivity contribution in [2.75, 3.05) is 13.1 Å². The van der Waals surface area contributed by atoms with Crippen molar-refractivity contribution in [3.05, 3.63) is 90.0 Å². The Morgan fingerprint density at radius 1 is 0.927 bits per heavy atom. The van der Waals surface area contributed by atoms with Gasteiger partial charge in [-0.05, 0) is 52.9 Å². The van der Waals surface area contributed by atoms with Gasteiger partial charge in [0, 0.05) is 42.2 Å². The lowest BCUT2D eigenvalue weighted by molar-refractivity contribution is 0.0115. The molecule has 0 saturated carbocycles. The van der Waals surface area contributed by atoms with Crippen LogP contribution in [0.1, 0.15) is 24.5 Å². The van der Waals surface area contributed by atoms with Gasteiger partial charge in [0.15, 0.2) is 5.82 Å². The number of fused-ring (bicyclic) bond motifs is 2. The van der Waals surface area contributed by atoms with E-state index < -0.39 is 5.92 Å². The molecule has 0 aliphatic carbocycles. The molecule has 0 unspecified atom stereocenters. The molecule has 3 aromatic carbocycles. The van der Waals surface area contributed by atoms with Gasteiger partial charge in [-0.1, -0.05) is 43.3 Å². The quantitative estimate of drug-likeness (QED) is 0.226. The van der Waals surface area contributed by atoms with Gasteiger partial charge in [0.25, 0.3) is 5.92 Å². The van der Waals surface area contributed by atoms with Crippen LogP contribution < -0.4 is 0 Å². The fourth-order valence-electron chi connectivity index (χ4n) is 5.72. The topological polar surface area (TPSA) is 73.5 Å². The normalized spacial score (nSPS) is 15.3. The predicted octanol–water partition coefficient (Wildman–Crippen LogP) is 7.38. The Labute approximate surface area is 234 Å². The summed E-state index contributed by atoms with van der Waals surface area (Å²) in [5, 5.41) is 8.53. The molecular weight excluding hydrogens is 525 g/mol. The van der Waals surface area contributed by atoms with Gasteiger partial charge >= 0.3 is 0 Å². The van der Waals surface area contributed by atoms with Gasteiger partial charge in [-0.3, -0.25) is 15.0 Å². The van der Waals surface area contributed by atoms with Crippen molar-refractivity contribution in [1.29, 1.82) is 0 Å². The Morgan fingerprint density at radius 3 is 2.59 bits per heavy atom. The van der Waals surface area contributed by atoms with Crippen molar-refractivity contribution in [1.82, 2.24) is 30.0 Å². The molecule has 0 spiro atoms. The predicted molar refractivity (Wildman–Crippen MR) is 154 cm³/mol. The van der Waals surface area contributed by atoms with Crippen LogP contribution in [0.3, 0.4) is 0 Å². The van der Waals surface area contributed by atoms with Crippen molar-refractivity contribution in [2.45, 2.75) is 32.2 Å². The highest BCUT2D eigenvalue weighted by Crippen LogP contribution is 2.34. The maximum absolute atomic E-state index is 14.6. The molecule has 6 nitrogen and oxygen atoms in total. The summed E-state index contributed by atoms with van der Waals surface area (Å²) in [5.74, 6) is -2.41. The Hall–Kier alpha value is -4.50. The molecule has 41 heavy (non-hydrogen) atoms. The summed E-state index contributed by atoms with van der Waals surface area (Å²) >= 11 is 0. The van der Waals surface area contributed by atoms with Gasteiger partial charge in [-0.25, -0.2) is 18.2 Å². The van der Waals surface area contributed by atoms with E-state index in [0.29, 0.717) is 46.8 Å². The number of hydrogen-bond acceptors (Lipinski definition) is 4. The zero-order valence-electron chi connectivity index (χ0n) is 22.4. The number of alkyl halides is 2. The number of rotatable bonds is 6. The molecule has 1 saturated heterocycles. The second kappa shape index (κ2) is 9.85. The van der Waals surface area contributed by atoms with Crippen LogP contribution in [0, 0.1) is 5.82 Å². The first-order valence-electron chi connectivity index (χ1n) is 13.7. The van der Waals surface area contributed by atoms with Crippen molar-refractivity contribution in [2.24, 2.45) is 0 Å². The molecule has 0 bridgehead atoms. The lowest BCUT2D eigenvalue weighted by Crippen LogP contribution is -2.24. The first-order valence-corrected chi connectivity index (χ1v) is 13.7. The van der Waals surface area contributed by atoms with Crippen LogP contribution in [0.5, 0.6) is 0 Å². The molecule has 0 radical (unpaired) electrons. The molecule has 7 rings (SSSR count). The van der Waals surface area contributed by atoms with E-state index in [1.54, 1.807) is 30.6 Å². The minimum Gasteiger partial charge on any atom is -0.335 e. The van der Waals surface area contributed by atoms with E-state index in [-0.39, 0.29) is 18.8 Å². The fourth-order valence-corrected chi connectivity index (χ4v) is 5.72. The minimum atomic E-state index is -2.61. The molecule has 3 aromatic heterocycles. The molecule has 0 amide bonds. The zero-order valence-corrected chi connectivity index (χ0v) is 22.4. The molecule has 1 aliphatic rings. The first-order chi connectivity index (χ1) is 19.9. The lowest BCUT2D eigenvalue weighted by atomic mass is 9.97. The first kappa shape index (κ1) is 25.5. The average molecular weight is 553 g/mol. The molecule has 4 heterocycles. The van der Waals surface area contributed by atoms with Gasteiger partial charge in [0.1, 0.15) is 17.0 Å². The van der Waals surface area contributed by atoms with Crippen molar-refractivity contribution >= 4 is 21.9 Å². The smallest absolute Gasteiger partial charge is 0.261 e. The van der Waals surface area contributed by atoms with Crippen LogP contribution in [0.15, 0.2) is 73.1 Å². The number of benzene rings is 3. The molecule has 9 heteroatoms. The Bertz CT molecular complexity index is 1910. The van der Waals surface area contributed by atoms with Crippen molar-refractivity contribution in [3.8, 4) is 33.8 Å². The Balaban J connectivity index is 1.28. The summed E-state index contributed by atoms with van der Waals surface area (Å²) in [6.45, 7) is 2.78. The second-order valence-corrected chi connectivity index (χ2v) is 10.7. The second-order valence-electron chi connectivity index (χ2n) is 10.7. The highest BCUT2D eigenvalue weighted by Gasteiger charge is 2.37. The number of pyridine rings is 1. The number of hydrogen-bond donors (Lipinski definition) is 2. The zero-order chi connectivity index (χ0) is 28.1. The van der Waals surface area contributed by atoms with Gasteiger partial charge in [0.05, 0.1) is 23.8 Å². The number of imidazole rings is 1. The fraction of sp³-hybridized carbons (Fsp3) is 0.219. The Kier molecular flexibility index (Phi) is 6.12. The maximum atomic E-state index is 14.6. The van der Waals surface area contributed by atoms with E-state index in [1.165, 1.54) is 6.07 Å². The standard InChI is InChI=1S/C32H27F3N6/c1-2-19-11-20(17-41-10-9-32(34,35)18-41)13-22(12-19)21-7-8-27-24(14-21)30(40-39-27)31-37-28-16-36-15-25(29(28)38-31)23-5-3-4-6-26(23)33/h3-8,11-16H,2,9-10,17-18H2,1H3,(H,37,38)(H,39,40). The summed E-state index contributed by atoms with van der Waals surface area (Å²) in [6.07, 6.45) is 4.04.